The van der Waals surface area contributed by atoms with E-state index in [1.54, 1.807) is 6.92 Å². The Balaban J connectivity index is 4.30. The Kier molecular flexibility index (Phi) is 4.70. The van der Waals surface area contributed by atoms with Crippen molar-refractivity contribution in [2.45, 2.75) is 25.3 Å². The predicted octanol–water partition coefficient (Wildman–Crippen LogP) is -0.823. The van der Waals surface area contributed by atoms with Crippen molar-refractivity contribution in [3.63, 3.8) is 0 Å². The van der Waals surface area contributed by atoms with Gasteiger partial charge in [0, 0.05) is 0 Å². The number of likely N-dealkylation sites (N-methyl/N-ethyl adjacent to an activating group) is 2. The summed E-state index contributed by atoms with van der Waals surface area (Å²) in [6.07, 6.45) is -1.60. The van der Waals surface area contributed by atoms with Gasteiger partial charge in [-0.15, -0.1) is 0 Å². The van der Waals surface area contributed by atoms with Crippen molar-refractivity contribution in [1.29, 1.82) is 0 Å². The van der Waals surface area contributed by atoms with Gasteiger partial charge in [-0.1, -0.05) is 0 Å². The fraction of sp³-hybridized carbons (Fsp3) is 1.00. The quantitative estimate of drug-likeness (QED) is 0.549. The molecule has 0 aliphatic rings. The van der Waals surface area contributed by atoms with Crippen LogP contribution in [-0.4, -0.2) is 66.6 Å². The van der Waals surface area contributed by atoms with Crippen LogP contribution in [-0.2, 0) is 0 Å². The Morgan fingerprint density at radius 3 is 1.33 bits per heavy atom. The Hall–Kier alpha value is -0.160. The van der Waals surface area contributed by atoms with Gasteiger partial charge in [0.25, 0.3) is 0 Å². The first kappa shape index (κ1) is 11.8. The van der Waals surface area contributed by atoms with Crippen LogP contribution in [0, 0.1) is 0 Å². The Morgan fingerprint density at radius 2 is 1.25 bits per heavy atom. The van der Waals surface area contributed by atoms with E-state index in [1.807, 2.05) is 38.0 Å². The standard InChI is InChI=1S/C8H20N2O2/c1-6(11)7(12)8(9(2)3)10(4)5/h6-8,11-12H,1-5H3. The average molecular weight is 176 g/mol. The molecule has 4 heteroatoms. The van der Waals surface area contributed by atoms with E-state index in [0.717, 1.165) is 0 Å². The zero-order valence-electron chi connectivity index (χ0n) is 8.52. The maximum absolute atomic E-state index is 9.59. The molecule has 2 N–H and O–H groups in total. The number of rotatable bonds is 4. The minimum absolute atomic E-state index is 0.148. The molecule has 0 rings (SSSR count). The van der Waals surface area contributed by atoms with Gasteiger partial charge in [0.1, 0.15) is 6.10 Å². The molecule has 0 fully saturated rings. The lowest BCUT2D eigenvalue weighted by Crippen LogP contribution is -2.52. The van der Waals surface area contributed by atoms with Crippen molar-refractivity contribution < 1.29 is 10.2 Å². The van der Waals surface area contributed by atoms with Gasteiger partial charge < -0.3 is 10.2 Å². The van der Waals surface area contributed by atoms with Crippen molar-refractivity contribution in [2.24, 2.45) is 0 Å². The summed E-state index contributed by atoms with van der Waals surface area (Å²) in [6.45, 7) is 1.59. The fourth-order valence-electron chi connectivity index (χ4n) is 1.32. The third kappa shape index (κ3) is 3.06. The molecular formula is C8H20N2O2. The minimum atomic E-state index is -0.741. The molecule has 0 heterocycles. The molecular weight excluding hydrogens is 156 g/mol. The van der Waals surface area contributed by atoms with Gasteiger partial charge in [-0.05, 0) is 35.1 Å². The molecule has 0 saturated heterocycles. The number of nitrogens with zero attached hydrogens (tertiary/aromatic N) is 2. The largest absolute Gasteiger partial charge is 0.391 e. The van der Waals surface area contributed by atoms with E-state index >= 15 is 0 Å². The summed E-state index contributed by atoms with van der Waals surface area (Å²) in [7, 11) is 7.49. The van der Waals surface area contributed by atoms with Crippen LogP contribution in [0.4, 0.5) is 0 Å². The summed E-state index contributed by atoms with van der Waals surface area (Å²) >= 11 is 0. The van der Waals surface area contributed by atoms with E-state index in [1.165, 1.54) is 0 Å². The van der Waals surface area contributed by atoms with Crippen molar-refractivity contribution >= 4 is 0 Å². The van der Waals surface area contributed by atoms with Crippen LogP contribution in [0.3, 0.4) is 0 Å². The highest BCUT2D eigenvalue weighted by Gasteiger charge is 2.26. The number of hydrogen-bond acceptors (Lipinski definition) is 4. The lowest BCUT2D eigenvalue weighted by molar-refractivity contribution is -0.0642. The van der Waals surface area contributed by atoms with Gasteiger partial charge in [-0.25, -0.2) is 0 Å². The second-order valence-corrected chi connectivity index (χ2v) is 3.57. The first-order valence-electron chi connectivity index (χ1n) is 4.07. The maximum Gasteiger partial charge on any atom is 0.108 e. The molecule has 0 aliphatic heterocycles. The lowest BCUT2D eigenvalue weighted by atomic mass is 10.1. The van der Waals surface area contributed by atoms with E-state index in [0.29, 0.717) is 0 Å². The molecule has 0 aromatic carbocycles. The number of hydrogen-bond donors (Lipinski definition) is 2. The van der Waals surface area contributed by atoms with Crippen molar-refractivity contribution in [1.82, 2.24) is 9.80 Å². The minimum Gasteiger partial charge on any atom is -0.391 e. The summed E-state index contributed by atoms with van der Waals surface area (Å²) in [5.41, 5.74) is 0. The topological polar surface area (TPSA) is 46.9 Å². The molecule has 0 bridgehead atoms. The summed E-state index contributed by atoms with van der Waals surface area (Å²) < 4.78 is 0. The van der Waals surface area contributed by atoms with Gasteiger partial charge >= 0.3 is 0 Å². The number of aliphatic hydroxyl groups excluding tert-OH is 2. The second kappa shape index (κ2) is 4.77. The van der Waals surface area contributed by atoms with Crippen LogP contribution in [0.15, 0.2) is 0 Å². The van der Waals surface area contributed by atoms with Crippen LogP contribution in [0.25, 0.3) is 0 Å². The van der Waals surface area contributed by atoms with Gasteiger partial charge in [0.15, 0.2) is 0 Å². The molecule has 2 atom stereocenters. The SMILES string of the molecule is CC(O)C(O)C(N(C)C)N(C)C. The van der Waals surface area contributed by atoms with Crippen LogP contribution in [0.1, 0.15) is 6.92 Å². The molecule has 2 unspecified atom stereocenters. The van der Waals surface area contributed by atoms with Gasteiger partial charge in [0.2, 0.25) is 0 Å². The van der Waals surface area contributed by atoms with E-state index in [2.05, 4.69) is 0 Å². The molecule has 0 aliphatic carbocycles. The maximum atomic E-state index is 9.59. The summed E-state index contributed by atoms with van der Waals surface area (Å²) in [4.78, 5) is 3.74. The van der Waals surface area contributed by atoms with E-state index in [4.69, 9.17) is 0 Å². The highest BCUT2D eigenvalue weighted by Crippen LogP contribution is 2.07. The monoisotopic (exact) mass is 176 g/mol. The molecule has 0 saturated carbocycles. The Morgan fingerprint density at radius 1 is 0.917 bits per heavy atom. The molecule has 4 nitrogen and oxygen atoms in total. The molecule has 0 aromatic rings. The zero-order valence-corrected chi connectivity index (χ0v) is 8.52. The van der Waals surface area contributed by atoms with E-state index in [9.17, 15) is 10.2 Å². The van der Waals surface area contributed by atoms with Crippen LogP contribution in [0.2, 0.25) is 0 Å². The lowest BCUT2D eigenvalue weighted by Gasteiger charge is -2.35. The van der Waals surface area contributed by atoms with Crippen molar-refractivity contribution in [3.05, 3.63) is 0 Å². The zero-order chi connectivity index (χ0) is 9.89. The van der Waals surface area contributed by atoms with Gasteiger partial charge in [0.05, 0.1) is 12.3 Å². The molecule has 0 aromatic heterocycles. The summed E-state index contributed by atoms with van der Waals surface area (Å²) in [6, 6.07) is 0. The van der Waals surface area contributed by atoms with Crippen LogP contribution < -0.4 is 0 Å². The molecule has 0 spiro atoms. The normalized spacial score (nSPS) is 17.5. The van der Waals surface area contributed by atoms with Gasteiger partial charge in [-0.2, -0.15) is 0 Å². The molecule has 74 valence electrons. The first-order valence-corrected chi connectivity index (χ1v) is 4.07. The molecule has 0 radical (unpaired) electrons. The van der Waals surface area contributed by atoms with Gasteiger partial charge in [-0.3, -0.25) is 9.80 Å². The van der Waals surface area contributed by atoms with E-state index in [-0.39, 0.29) is 6.17 Å². The number of aliphatic hydroxyl groups is 2. The van der Waals surface area contributed by atoms with E-state index < -0.39 is 12.2 Å². The third-order valence-corrected chi connectivity index (χ3v) is 1.86. The Bertz CT molecular complexity index is 118. The smallest absolute Gasteiger partial charge is 0.108 e. The third-order valence-electron chi connectivity index (χ3n) is 1.86. The molecule has 12 heavy (non-hydrogen) atoms. The van der Waals surface area contributed by atoms with Crippen molar-refractivity contribution in [3.8, 4) is 0 Å². The Labute approximate surface area is 74.4 Å². The first-order chi connectivity index (χ1) is 5.37. The summed E-state index contributed by atoms with van der Waals surface area (Å²) in [5, 5.41) is 18.8. The van der Waals surface area contributed by atoms with Crippen LogP contribution >= 0.6 is 0 Å². The predicted molar refractivity (Wildman–Crippen MR) is 48.8 cm³/mol. The van der Waals surface area contributed by atoms with Crippen LogP contribution in [0.5, 0.6) is 0 Å². The molecule has 0 amide bonds. The highest BCUT2D eigenvalue weighted by atomic mass is 16.3. The summed E-state index contributed by atoms with van der Waals surface area (Å²) in [5.74, 6) is 0. The average Bonchev–Trinajstić information content (AvgIpc) is 1.85. The fourth-order valence-corrected chi connectivity index (χ4v) is 1.32. The second-order valence-electron chi connectivity index (χ2n) is 3.57. The van der Waals surface area contributed by atoms with Crippen molar-refractivity contribution in [2.75, 3.05) is 28.2 Å². The highest BCUT2D eigenvalue weighted by molar-refractivity contribution is 4.76.